The Balaban J connectivity index is 2.11. The van der Waals surface area contributed by atoms with Crippen LogP contribution < -0.4 is 14.8 Å². The van der Waals surface area contributed by atoms with Gasteiger partial charge in [-0.3, -0.25) is 14.9 Å². The van der Waals surface area contributed by atoms with E-state index in [1.165, 1.54) is 23.9 Å². The van der Waals surface area contributed by atoms with E-state index in [0.717, 1.165) is 12.8 Å². The van der Waals surface area contributed by atoms with E-state index in [1.807, 2.05) is 6.92 Å². The fourth-order valence-electron chi connectivity index (χ4n) is 3.09. The maximum absolute atomic E-state index is 12.9. The van der Waals surface area contributed by atoms with Crippen LogP contribution in [0.5, 0.6) is 11.5 Å². The number of rotatable bonds is 9. The number of nitro benzene ring substituents is 1. The summed E-state index contributed by atoms with van der Waals surface area (Å²) in [5.41, 5.74) is 1.74. The smallest absolute Gasteiger partial charge is 0.271 e. The Morgan fingerprint density at radius 1 is 1.16 bits per heavy atom. The van der Waals surface area contributed by atoms with Crippen LogP contribution in [0.2, 0.25) is 0 Å². The average molecular weight is 424 g/mol. The van der Waals surface area contributed by atoms with Crippen LogP contribution in [0.1, 0.15) is 30.3 Å². The van der Waals surface area contributed by atoms with Crippen molar-refractivity contribution in [2.75, 3.05) is 20.8 Å². The molecule has 31 heavy (non-hydrogen) atoms. The molecule has 1 N–H and O–H groups in total. The predicted octanol–water partition coefficient (Wildman–Crippen LogP) is 3.99. The SMILES string of the molecule is CCCCNC(=O)c1cc(-c2ccc(OC)cc2OC)nn1-c1cccc([N+](=O)[O-])c1. The number of carbonyl (C=O) groups excluding carboxylic acids is 1. The van der Waals surface area contributed by atoms with Crippen molar-refractivity contribution in [1.29, 1.82) is 0 Å². The molecule has 0 aliphatic carbocycles. The van der Waals surface area contributed by atoms with Gasteiger partial charge in [-0.2, -0.15) is 5.10 Å². The van der Waals surface area contributed by atoms with Gasteiger partial charge in [0, 0.05) is 30.3 Å². The molecule has 2 aromatic carbocycles. The third-order valence-corrected chi connectivity index (χ3v) is 4.73. The first-order valence-corrected chi connectivity index (χ1v) is 9.84. The fourth-order valence-corrected chi connectivity index (χ4v) is 3.09. The largest absolute Gasteiger partial charge is 0.497 e. The van der Waals surface area contributed by atoms with Crippen molar-refractivity contribution < 1.29 is 19.2 Å². The first-order valence-electron chi connectivity index (χ1n) is 9.84. The normalized spacial score (nSPS) is 10.5. The quantitative estimate of drug-likeness (QED) is 0.316. The molecule has 0 unspecified atom stereocenters. The molecule has 0 radical (unpaired) electrons. The van der Waals surface area contributed by atoms with E-state index in [9.17, 15) is 14.9 Å². The lowest BCUT2D eigenvalue weighted by Crippen LogP contribution is -2.26. The summed E-state index contributed by atoms with van der Waals surface area (Å²) >= 11 is 0. The number of nitrogens with one attached hydrogen (secondary N) is 1. The first kappa shape index (κ1) is 21.8. The molecule has 3 aromatic rings. The van der Waals surface area contributed by atoms with Gasteiger partial charge in [0.05, 0.1) is 30.5 Å². The number of non-ortho nitro benzene ring substituents is 1. The Bertz CT molecular complexity index is 1090. The number of hydrogen-bond donors (Lipinski definition) is 1. The molecule has 0 atom stereocenters. The van der Waals surface area contributed by atoms with Crippen LogP contribution in [0.15, 0.2) is 48.5 Å². The van der Waals surface area contributed by atoms with Crippen molar-refractivity contribution in [3.8, 4) is 28.4 Å². The second-order valence-electron chi connectivity index (χ2n) is 6.78. The molecule has 0 bridgehead atoms. The molecule has 0 saturated carbocycles. The van der Waals surface area contributed by atoms with E-state index in [-0.39, 0.29) is 17.3 Å². The second kappa shape index (κ2) is 9.75. The summed E-state index contributed by atoms with van der Waals surface area (Å²) in [7, 11) is 3.10. The summed E-state index contributed by atoms with van der Waals surface area (Å²) in [6.07, 6.45) is 1.79. The van der Waals surface area contributed by atoms with Gasteiger partial charge >= 0.3 is 0 Å². The molecule has 0 saturated heterocycles. The summed E-state index contributed by atoms with van der Waals surface area (Å²) in [6, 6.07) is 12.9. The zero-order chi connectivity index (χ0) is 22.4. The highest BCUT2D eigenvalue weighted by Gasteiger charge is 2.20. The van der Waals surface area contributed by atoms with Gasteiger partial charge in [0.15, 0.2) is 0 Å². The Hall–Kier alpha value is -3.88. The van der Waals surface area contributed by atoms with Gasteiger partial charge in [-0.1, -0.05) is 19.4 Å². The first-order chi connectivity index (χ1) is 15.0. The third-order valence-electron chi connectivity index (χ3n) is 4.73. The van der Waals surface area contributed by atoms with Crippen molar-refractivity contribution in [3.05, 3.63) is 64.3 Å². The standard InChI is InChI=1S/C22H24N4O5/c1-4-5-11-23-22(27)20-14-19(18-10-9-17(30-2)13-21(18)31-3)24-25(20)15-7-6-8-16(12-15)26(28)29/h6-10,12-14H,4-5,11H2,1-3H3,(H,23,27). The molecule has 0 aliphatic heterocycles. The number of benzene rings is 2. The summed E-state index contributed by atoms with van der Waals surface area (Å²) < 4.78 is 12.1. The summed E-state index contributed by atoms with van der Waals surface area (Å²) in [5.74, 6) is 0.836. The molecule has 3 rings (SSSR count). The summed E-state index contributed by atoms with van der Waals surface area (Å²) in [4.78, 5) is 23.6. The van der Waals surface area contributed by atoms with E-state index in [4.69, 9.17) is 9.47 Å². The molecule has 9 heteroatoms. The van der Waals surface area contributed by atoms with E-state index in [2.05, 4.69) is 10.4 Å². The number of hydrogen-bond acceptors (Lipinski definition) is 6. The highest BCUT2D eigenvalue weighted by molar-refractivity contribution is 5.94. The minimum Gasteiger partial charge on any atom is -0.497 e. The van der Waals surface area contributed by atoms with Crippen LogP contribution in [-0.4, -0.2) is 41.4 Å². The molecule has 1 aromatic heterocycles. The van der Waals surface area contributed by atoms with Gasteiger partial charge < -0.3 is 14.8 Å². The van der Waals surface area contributed by atoms with Gasteiger partial charge in [0.1, 0.15) is 17.2 Å². The second-order valence-corrected chi connectivity index (χ2v) is 6.78. The molecular formula is C22H24N4O5. The maximum Gasteiger partial charge on any atom is 0.271 e. The van der Waals surface area contributed by atoms with E-state index >= 15 is 0 Å². The molecule has 9 nitrogen and oxygen atoms in total. The van der Waals surface area contributed by atoms with E-state index in [0.29, 0.717) is 35.0 Å². The van der Waals surface area contributed by atoms with Gasteiger partial charge in [-0.15, -0.1) is 0 Å². The number of amides is 1. The zero-order valence-corrected chi connectivity index (χ0v) is 17.6. The zero-order valence-electron chi connectivity index (χ0n) is 17.6. The fraction of sp³-hybridized carbons (Fsp3) is 0.273. The number of carbonyl (C=O) groups is 1. The minimum atomic E-state index is -0.485. The van der Waals surface area contributed by atoms with Crippen molar-refractivity contribution in [2.45, 2.75) is 19.8 Å². The third kappa shape index (κ3) is 4.82. The lowest BCUT2D eigenvalue weighted by atomic mass is 10.1. The molecular weight excluding hydrogens is 400 g/mol. The lowest BCUT2D eigenvalue weighted by molar-refractivity contribution is -0.384. The molecule has 0 aliphatic rings. The molecule has 162 valence electrons. The lowest BCUT2D eigenvalue weighted by Gasteiger charge is -2.09. The van der Waals surface area contributed by atoms with Crippen LogP contribution in [0.4, 0.5) is 5.69 Å². The average Bonchev–Trinajstić information content (AvgIpc) is 3.24. The maximum atomic E-state index is 12.9. The molecule has 0 fully saturated rings. The van der Waals surface area contributed by atoms with Crippen LogP contribution in [0.25, 0.3) is 16.9 Å². The molecule has 1 amide bonds. The van der Waals surface area contributed by atoms with Crippen molar-refractivity contribution in [3.63, 3.8) is 0 Å². The van der Waals surface area contributed by atoms with Crippen molar-refractivity contribution in [2.24, 2.45) is 0 Å². The molecule has 1 heterocycles. The van der Waals surface area contributed by atoms with Gasteiger partial charge in [-0.05, 0) is 30.7 Å². The number of ether oxygens (including phenoxy) is 2. The predicted molar refractivity (Wildman–Crippen MR) is 116 cm³/mol. The number of aromatic nitrogens is 2. The van der Waals surface area contributed by atoms with Gasteiger partial charge in [-0.25, -0.2) is 4.68 Å². The van der Waals surface area contributed by atoms with Crippen LogP contribution >= 0.6 is 0 Å². The number of nitro groups is 1. The van der Waals surface area contributed by atoms with E-state index < -0.39 is 4.92 Å². The van der Waals surface area contributed by atoms with Gasteiger partial charge in [0.25, 0.3) is 11.6 Å². The minimum absolute atomic E-state index is 0.0890. The molecule has 0 spiro atoms. The Morgan fingerprint density at radius 3 is 2.65 bits per heavy atom. The van der Waals surface area contributed by atoms with Crippen LogP contribution in [0.3, 0.4) is 0 Å². The Morgan fingerprint density at radius 2 is 1.97 bits per heavy atom. The number of nitrogens with zero attached hydrogens (tertiary/aromatic N) is 3. The summed E-state index contributed by atoms with van der Waals surface area (Å²) in [5, 5.41) is 18.7. The number of methoxy groups -OCH3 is 2. The summed E-state index contributed by atoms with van der Waals surface area (Å²) in [6.45, 7) is 2.56. The van der Waals surface area contributed by atoms with Crippen LogP contribution in [0, 0.1) is 10.1 Å². The van der Waals surface area contributed by atoms with E-state index in [1.54, 1.807) is 43.5 Å². The monoisotopic (exact) mass is 424 g/mol. The number of unbranched alkanes of at least 4 members (excludes halogenated alkanes) is 1. The van der Waals surface area contributed by atoms with Crippen molar-refractivity contribution >= 4 is 11.6 Å². The highest BCUT2D eigenvalue weighted by atomic mass is 16.6. The van der Waals surface area contributed by atoms with Crippen LogP contribution in [-0.2, 0) is 0 Å². The van der Waals surface area contributed by atoms with Gasteiger partial charge in [0.2, 0.25) is 0 Å². The van der Waals surface area contributed by atoms with Crippen molar-refractivity contribution in [1.82, 2.24) is 15.1 Å². The topological polar surface area (TPSA) is 109 Å². The Labute approximate surface area is 179 Å². The Kier molecular flexibility index (Phi) is 6.86. The highest BCUT2D eigenvalue weighted by Crippen LogP contribution is 2.33.